The quantitative estimate of drug-likeness (QED) is 0.576. The number of hydrogen-bond acceptors (Lipinski definition) is 4. The summed E-state index contributed by atoms with van der Waals surface area (Å²) in [5.41, 5.74) is 5.63. The highest BCUT2D eigenvalue weighted by atomic mass is 32.9. The van der Waals surface area contributed by atoms with Crippen LogP contribution in [0.15, 0.2) is 4.99 Å². The molecule has 0 amide bonds. The van der Waals surface area contributed by atoms with Crippen LogP contribution in [0.1, 0.15) is 25.7 Å². The molecule has 2 bridgehead atoms. The van der Waals surface area contributed by atoms with Gasteiger partial charge in [0.25, 0.3) is 9.05 Å². The van der Waals surface area contributed by atoms with Crippen LogP contribution in [-0.4, -0.2) is 27.2 Å². The zero-order valence-electron chi connectivity index (χ0n) is 8.87. The van der Waals surface area contributed by atoms with Crippen LogP contribution in [0.25, 0.3) is 0 Å². The van der Waals surface area contributed by atoms with E-state index in [2.05, 4.69) is 20.4 Å². The maximum atomic E-state index is 10.7. The molecule has 92 valence electrons. The molecule has 0 aromatic rings. The molecule has 4 atom stereocenters. The van der Waals surface area contributed by atoms with Crippen molar-refractivity contribution < 1.29 is 12.9 Å². The Bertz CT molecular complexity index is 394. The van der Waals surface area contributed by atoms with Crippen LogP contribution in [-0.2, 0) is 24.4 Å². The number of nitrogens with two attached hydrogens (primary N) is 1. The van der Waals surface area contributed by atoms with Gasteiger partial charge in [-0.05, 0) is 31.1 Å². The van der Waals surface area contributed by atoms with Gasteiger partial charge in [0.1, 0.15) is 12.4 Å². The minimum atomic E-state index is -3.59. The maximum Gasteiger partial charge on any atom is 0.266 e. The summed E-state index contributed by atoms with van der Waals surface area (Å²) in [6, 6.07) is 0.280. The lowest BCUT2D eigenvalue weighted by Crippen LogP contribution is -2.25. The van der Waals surface area contributed by atoms with Crippen molar-refractivity contribution >= 4 is 26.1 Å². The molecule has 0 aromatic carbocycles. The molecule has 0 aromatic heterocycles. The third-order valence-electron chi connectivity index (χ3n) is 3.39. The molecule has 2 fully saturated rings. The fourth-order valence-electron chi connectivity index (χ4n) is 2.75. The first kappa shape index (κ1) is 12.2. The lowest BCUT2D eigenvalue weighted by Gasteiger charge is -2.18. The van der Waals surface area contributed by atoms with Crippen LogP contribution in [0.5, 0.6) is 0 Å². The van der Waals surface area contributed by atoms with Crippen molar-refractivity contribution in [2.24, 2.45) is 22.6 Å². The Morgan fingerprint density at radius 1 is 1.56 bits per heavy atom. The van der Waals surface area contributed by atoms with Gasteiger partial charge in [-0.15, -0.1) is 0 Å². The molecule has 0 heterocycles. The minimum Gasteiger partial charge on any atom is -0.385 e. The molecule has 3 unspecified atom stereocenters. The predicted molar refractivity (Wildman–Crippen MR) is 64.9 cm³/mol. The highest BCUT2D eigenvalue weighted by molar-refractivity contribution is 8.27. The van der Waals surface area contributed by atoms with Gasteiger partial charge in [0.05, 0.1) is 6.04 Å². The summed E-state index contributed by atoms with van der Waals surface area (Å²) in [6.07, 6.45) is 4.88. The zero-order valence-corrected chi connectivity index (χ0v) is 10.5. The zero-order chi connectivity index (χ0) is 11.8. The summed E-state index contributed by atoms with van der Waals surface area (Å²) in [5.74, 6) is 1.71. The standard InChI is InChI=1S/C9H16N2O3S2/c10-9(5-14-16(12,13)15)11-8-4-6-1-2-7(8)3-6/h6-8H,1-5H2,(H2,10,11)(H,12,13,15)/t6?,7?,8-/m0/s1. The Labute approximate surface area is 100 Å². The van der Waals surface area contributed by atoms with E-state index in [-0.39, 0.29) is 18.5 Å². The van der Waals surface area contributed by atoms with Gasteiger partial charge >= 0.3 is 0 Å². The first-order valence-corrected chi connectivity index (χ1v) is 7.74. The second kappa shape index (κ2) is 4.56. The van der Waals surface area contributed by atoms with Gasteiger partial charge in [-0.25, -0.2) is 0 Å². The van der Waals surface area contributed by atoms with Crippen molar-refractivity contribution in [3.63, 3.8) is 0 Å². The van der Waals surface area contributed by atoms with E-state index in [4.69, 9.17) is 10.3 Å². The Morgan fingerprint density at radius 2 is 2.31 bits per heavy atom. The number of rotatable bonds is 4. The Hall–Kier alpha value is -0.240. The van der Waals surface area contributed by atoms with E-state index < -0.39 is 9.05 Å². The molecule has 0 radical (unpaired) electrons. The summed E-state index contributed by atoms with van der Waals surface area (Å²) in [4.78, 5) is 4.35. The topological polar surface area (TPSA) is 84.9 Å². The van der Waals surface area contributed by atoms with Gasteiger partial charge in [-0.1, -0.05) is 6.42 Å². The van der Waals surface area contributed by atoms with Crippen LogP contribution < -0.4 is 5.73 Å². The van der Waals surface area contributed by atoms with Crippen LogP contribution in [0.2, 0.25) is 0 Å². The summed E-state index contributed by atoms with van der Waals surface area (Å²) in [6.45, 7) is -0.160. The van der Waals surface area contributed by atoms with Crippen molar-refractivity contribution in [3.8, 4) is 0 Å². The fraction of sp³-hybridized carbons (Fsp3) is 0.889. The summed E-state index contributed by atoms with van der Waals surface area (Å²) < 4.78 is 24.0. The van der Waals surface area contributed by atoms with Gasteiger partial charge in [-0.2, -0.15) is 4.21 Å². The molecular formula is C9H16N2O3S2. The van der Waals surface area contributed by atoms with E-state index in [0.717, 1.165) is 12.3 Å². The molecule has 3 N–H and O–H groups in total. The minimum absolute atomic E-state index is 0.160. The monoisotopic (exact) mass is 264 g/mol. The molecule has 5 nitrogen and oxygen atoms in total. The lowest BCUT2D eigenvalue weighted by molar-refractivity contribution is 0.346. The first-order valence-electron chi connectivity index (χ1n) is 5.38. The van der Waals surface area contributed by atoms with Crippen LogP contribution >= 0.6 is 0 Å². The van der Waals surface area contributed by atoms with Crippen molar-refractivity contribution in [1.82, 2.24) is 0 Å². The average Bonchev–Trinajstić information content (AvgIpc) is 2.75. The van der Waals surface area contributed by atoms with E-state index in [0.29, 0.717) is 5.92 Å². The number of aliphatic imine (C=N–C) groups is 1. The Kier molecular flexibility index (Phi) is 3.48. The molecule has 2 saturated carbocycles. The van der Waals surface area contributed by atoms with Crippen LogP contribution in [0.4, 0.5) is 0 Å². The first-order chi connectivity index (χ1) is 7.44. The van der Waals surface area contributed by atoms with Gasteiger partial charge in [0, 0.05) is 11.2 Å². The number of nitrogens with zero attached hydrogens (tertiary/aromatic N) is 1. The van der Waals surface area contributed by atoms with Gasteiger partial charge < -0.3 is 5.73 Å². The number of hydrogen-bond donors (Lipinski definition) is 2. The highest BCUT2D eigenvalue weighted by Gasteiger charge is 2.39. The molecule has 0 aliphatic heterocycles. The summed E-state index contributed by atoms with van der Waals surface area (Å²) in [5, 5.41) is 0. The fourth-order valence-corrected chi connectivity index (χ4v) is 3.17. The lowest BCUT2D eigenvalue weighted by atomic mass is 9.96. The molecule has 2 aliphatic rings. The van der Waals surface area contributed by atoms with E-state index in [1.165, 1.54) is 19.3 Å². The van der Waals surface area contributed by atoms with E-state index in [1.54, 1.807) is 0 Å². The maximum absolute atomic E-state index is 10.7. The largest absolute Gasteiger partial charge is 0.385 e. The molecular weight excluding hydrogens is 248 g/mol. The van der Waals surface area contributed by atoms with E-state index in [9.17, 15) is 4.21 Å². The SMILES string of the molecule is NC(COS(=O)(O)=S)=N[C@H]1CC2CCC1C2. The van der Waals surface area contributed by atoms with E-state index >= 15 is 0 Å². The van der Waals surface area contributed by atoms with Gasteiger partial charge in [-0.3, -0.25) is 13.7 Å². The molecule has 2 rings (SSSR count). The van der Waals surface area contributed by atoms with Gasteiger partial charge in [0.15, 0.2) is 0 Å². The van der Waals surface area contributed by atoms with Crippen LogP contribution in [0, 0.1) is 11.8 Å². The molecule has 16 heavy (non-hydrogen) atoms. The highest BCUT2D eigenvalue weighted by Crippen LogP contribution is 2.45. The number of amidine groups is 1. The molecule has 0 spiro atoms. The van der Waals surface area contributed by atoms with Crippen molar-refractivity contribution in [2.45, 2.75) is 31.7 Å². The predicted octanol–water partition coefficient (Wildman–Crippen LogP) is 0.683. The average molecular weight is 264 g/mol. The molecule has 7 heteroatoms. The molecule has 0 saturated heterocycles. The van der Waals surface area contributed by atoms with Crippen molar-refractivity contribution in [2.75, 3.05) is 6.61 Å². The van der Waals surface area contributed by atoms with Crippen molar-refractivity contribution in [3.05, 3.63) is 0 Å². The summed E-state index contributed by atoms with van der Waals surface area (Å²) >= 11 is 4.19. The third kappa shape index (κ3) is 3.13. The Morgan fingerprint density at radius 3 is 2.81 bits per heavy atom. The van der Waals surface area contributed by atoms with Crippen molar-refractivity contribution in [1.29, 1.82) is 0 Å². The second-order valence-corrected chi connectivity index (χ2v) is 6.91. The van der Waals surface area contributed by atoms with E-state index in [1.807, 2.05) is 0 Å². The normalized spacial score (nSPS) is 37.6. The molecule has 2 aliphatic carbocycles. The number of fused-ring (bicyclic) bond motifs is 2. The summed E-state index contributed by atoms with van der Waals surface area (Å²) in [7, 11) is -3.59. The second-order valence-electron chi connectivity index (χ2n) is 4.55. The van der Waals surface area contributed by atoms with Crippen LogP contribution in [0.3, 0.4) is 0 Å². The third-order valence-corrected chi connectivity index (χ3v) is 4.09. The Balaban J connectivity index is 1.87. The van der Waals surface area contributed by atoms with Gasteiger partial charge in [0.2, 0.25) is 0 Å². The smallest absolute Gasteiger partial charge is 0.266 e.